The van der Waals surface area contributed by atoms with Gasteiger partial charge in [0.25, 0.3) is 5.24 Å². The molecule has 2 aliphatic rings. The normalized spacial score (nSPS) is 19.3. The number of rotatable bonds is 5. The van der Waals surface area contributed by atoms with Crippen molar-refractivity contribution in [2.45, 2.75) is 38.0 Å². The predicted molar refractivity (Wildman–Crippen MR) is 136 cm³/mol. The maximum atomic E-state index is 12.6. The van der Waals surface area contributed by atoms with E-state index in [0.717, 1.165) is 43.8 Å². The Labute approximate surface area is 195 Å². The first-order valence-electron chi connectivity index (χ1n) is 11.7. The molecule has 0 saturated carbocycles. The number of hydrogen-bond acceptors (Lipinski definition) is 3. The fourth-order valence-corrected chi connectivity index (χ4v) is 5.86. The Bertz CT molecular complexity index is 1010. The van der Waals surface area contributed by atoms with Gasteiger partial charge in [-0.3, -0.25) is 4.79 Å². The van der Waals surface area contributed by atoms with Crippen LogP contribution in [0.3, 0.4) is 0 Å². The van der Waals surface area contributed by atoms with Crippen LogP contribution < -0.4 is 10.2 Å². The third-order valence-electron chi connectivity index (χ3n) is 6.70. The van der Waals surface area contributed by atoms with E-state index >= 15 is 0 Å². The SMILES string of the molecule is CCCSC(=O)Nc1cc2c3c(c1)C(c1ccccc1)CCN3CCC2c1ccccc1. The van der Waals surface area contributed by atoms with Crippen molar-refractivity contribution in [3.63, 3.8) is 0 Å². The van der Waals surface area contributed by atoms with Gasteiger partial charge in [0.15, 0.2) is 0 Å². The summed E-state index contributed by atoms with van der Waals surface area (Å²) >= 11 is 1.37. The van der Waals surface area contributed by atoms with E-state index in [0.29, 0.717) is 11.8 Å². The van der Waals surface area contributed by atoms with Gasteiger partial charge in [-0.25, -0.2) is 0 Å². The van der Waals surface area contributed by atoms with E-state index in [4.69, 9.17) is 0 Å². The van der Waals surface area contributed by atoms with Crippen LogP contribution in [-0.2, 0) is 0 Å². The molecule has 3 nitrogen and oxygen atoms in total. The van der Waals surface area contributed by atoms with E-state index in [1.54, 1.807) is 0 Å². The number of thioether (sulfide) groups is 1. The molecule has 3 aromatic rings. The molecule has 2 unspecified atom stereocenters. The van der Waals surface area contributed by atoms with Gasteiger partial charge in [-0.1, -0.05) is 79.3 Å². The molecule has 2 heterocycles. The average Bonchev–Trinajstić information content (AvgIpc) is 2.84. The number of nitrogens with one attached hydrogen (secondary N) is 1. The Hall–Kier alpha value is -2.72. The Morgan fingerprint density at radius 1 is 0.906 bits per heavy atom. The molecule has 0 spiro atoms. The summed E-state index contributed by atoms with van der Waals surface area (Å²) in [4.78, 5) is 15.1. The third kappa shape index (κ3) is 4.16. The molecule has 0 aromatic heterocycles. The first kappa shape index (κ1) is 21.1. The Morgan fingerprint density at radius 2 is 1.44 bits per heavy atom. The summed E-state index contributed by atoms with van der Waals surface area (Å²) in [6, 6.07) is 26.1. The molecule has 0 aliphatic carbocycles. The second-order valence-corrected chi connectivity index (χ2v) is 9.82. The fraction of sp³-hybridized carbons (Fsp3) is 0.321. The number of carbonyl (C=O) groups excluding carboxylic acids is 1. The van der Waals surface area contributed by atoms with Crippen LogP contribution in [-0.4, -0.2) is 24.1 Å². The zero-order chi connectivity index (χ0) is 21.9. The minimum absolute atomic E-state index is 0.0370. The monoisotopic (exact) mass is 442 g/mol. The Balaban J connectivity index is 1.62. The molecular formula is C28H30N2OS. The molecule has 0 saturated heterocycles. The van der Waals surface area contributed by atoms with E-state index in [-0.39, 0.29) is 5.24 Å². The third-order valence-corrected chi connectivity index (χ3v) is 7.68. The lowest BCUT2D eigenvalue weighted by molar-refractivity contribution is 0.269. The maximum Gasteiger partial charge on any atom is 0.283 e. The fourth-order valence-electron chi connectivity index (χ4n) is 5.28. The van der Waals surface area contributed by atoms with Crippen molar-refractivity contribution in [3.05, 3.63) is 95.1 Å². The summed E-state index contributed by atoms with van der Waals surface area (Å²) in [7, 11) is 0. The molecule has 2 atom stereocenters. The number of amides is 1. The van der Waals surface area contributed by atoms with Gasteiger partial charge < -0.3 is 10.2 Å². The smallest absolute Gasteiger partial charge is 0.283 e. The molecule has 4 heteroatoms. The summed E-state index contributed by atoms with van der Waals surface area (Å²) in [5, 5.41) is 3.23. The highest BCUT2D eigenvalue weighted by Crippen LogP contribution is 2.49. The van der Waals surface area contributed by atoms with Crippen LogP contribution in [0.4, 0.5) is 16.2 Å². The molecule has 164 valence electrons. The van der Waals surface area contributed by atoms with Crippen LogP contribution >= 0.6 is 11.8 Å². The molecule has 0 radical (unpaired) electrons. The van der Waals surface area contributed by atoms with E-state index in [1.165, 1.54) is 39.7 Å². The first-order chi connectivity index (χ1) is 15.7. The van der Waals surface area contributed by atoms with Crippen LogP contribution in [0, 0.1) is 0 Å². The van der Waals surface area contributed by atoms with Crippen molar-refractivity contribution < 1.29 is 4.79 Å². The summed E-state index contributed by atoms with van der Waals surface area (Å²) in [6.07, 6.45) is 3.21. The number of benzene rings is 3. The Kier molecular flexibility index (Phi) is 6.22. The highest BCUT2D eigenvalue weighted by Gasteiger charge is 2.35. The van der Waals surface area contributed by atoms with E-state index in [2.05, 4.69) is 89.9 Å². The van der Waals surface area contributed by atoms with E-state index < -0.39 is 0 Å². The van der Waals surface area contributed by atoms with Gasteiger partial charge in [-0.15, -0.1) is 0 Å². The lowest BCUT2D eigenvalue weighted by Crippen LogP contribution is -2.37. The quantitative estimate of drug-likeness (QED) is 0.452. The minimum atomic E-state index is 0.0370. The summed E-state index contributed by atoms with van der Waals surface area (Å²) in [5.74, 6) is 1.56. The number of nitrogens with zero attached hydrogens (tertiary/aromatic N) is 1. The van der Waals surface area contributed by atoms with Gasteiger partial charge in [0.1, 0.15) is 0 Å². The standard InChI is InChI=1S/C28H30N2OS/c1-2-17-32-28(31)29-22-18-25-23(20-9-5-3-6-10-20)13-15-30-16-14-24(26(19-22)27(25)30)21-11-7-4-8-12-21/h3-12,18-19,23-24H,2,13-17H2,1H3,(H,29,31). The van der Waals surface area contributed by atoms with Crippen molar-refractivity contribution in [2.75, 3.05) is 29.1 Å². The molecule has 0 fully saturated rings. The molecule has 32 heavy (non-hydrogen) atoms. The number of carbonyl (C=O) groups is 1. The summed E-state index contributed by atoms with van der Waals surface area (Å²) < 4.78 is 0. The second kappa shape index (κ2) is 9.41. The molecule has 2 aliphatic heterocycles. The largest absolute Gasteiger partial charge is 0.371 e. The van der Waals surface area contributed by atoms with Crippen LogP contribution in [0.2, 0.25) is 0 Å². The molecule has 5 rings (SSSR count). The number of anilines is 2. The molecular weight excluding hydrogens is 412 g/mol. The van der Waals surface area contributed by atoms with Crippen LogP contribution in [0.5, 0.6) is 0 Å². The molecule has 1 amide bonds. The lowest BCUT2D eigenvalue weighted by Gasteiger charge is -2.43. The van der Waals surface area contributed by atoms with Crippen molar-refractivity contribution >= 4 is 28.4 Å². The number of hydrogen-bond donors (Lipinski definition) is 1. The molecule has 3 aromatic carbocycles. The summed E-state index contributed by atoms with van der Waals surface area (Å²) in [6.45, 7) is 4.27. The second-order valence-electron chi connectivity index (χ2n) is 8.76. The van der Waals surface area contributed by atoms with Gasteiger partial charge in [-0.05, 0) is 53.6 Å². The zero-order valence-electron chi connectivity index (χ0n) is 18.6. The van der Waals surface area contributed by atoms with Crippen LogP contribution in [0.25, 0.3) is 0 Å². The molecule has 0 bridgehead atoms. The van der Waals surface area contributed by atoms with Crippen molar-refractivity contribution in [2.24, 2.45) is 0 Å². The maximum absolute atomic E-state index is 12.6. The van der Waals surface area contributed by atoms with Gasteiger partial charge in [0.2, 0.25) is 0 Å². The average molecular weight is 443 g/mol. The predicted octanol–water partition coefficient (Wildman–Crippen LogP) is 7.24. The van der Waals surface area contributed by atoms with Gasteiger partial charge in [-0.2, -0.15) is 0 Å². The van der Waals surface area contributed by atoms with Crippen molar-refractivity contribution in [1.29, 1.82) is 0 Å². The lowest BCUT2D eigenvalue weighted by atomic mass is 9.76. The minimum Gasteiger partial charge on any atom is -0.371 e. The topological polar surface area (TPSA) is 32.3 Å². The van der Waals surface area contributed by atoms with Crippen molar-refractivity contribution in [3.8, 4) is 0 Å². The first-order valence-corrected chi connectivity index (χ1v) is 12.7. The highest BCUT2D eigenvalue weighted by molar-refractivity contribution is 8.13. The van der Waals surface area contributed by atoms with Gasteiger partial charge in [0.05, 0.1) is 0 Å². The van der Waals surface area contributed by atoms with E-state index in [1.807, 2.05) is 0 Å². The van der Waals surface area contributed by atoms with Crippen molar-refractivity contribution in [1.82, 2.24) is 0 Å². The van der Waals surface area contributed by atoms with E-state index in [9.17, 15) is 4.79 Å². The van der Waals surface area contributed by atoms with Gasteiger partial charge >= 0.3 is 0 Å². The summed E-state index contributed by atoms with van der Waals surface area (Å²) in [5.41, 5.74) is 7.76. The Morgan fingerprint density at radius 3 is 1.94 bits per heavy atom. The van der Waals surface area contributed by atoms with Crippen LogP contribution in [0.1, 0.15) is 60.3 Å². The van der Waals surface area contributed by atoms with Gasteiger partial charge in [0, 0.05) is 42.1 Å². The highest BCUT2D eigenvalue weighted by atomic mass is 32.2. The molecule has 1 N–H and O–H groups in total. The zero-order valence-corrected chi connectivity index (χ0v) is 19.4. The van der Waals surface area contributed by atoms with Crippen LogP contribution in [0.15, 0.2) is 72.8 Å².